The summed E-state index contributed by atoms with van der Waals surface area (Å²) in [5.74, 6) is 0.924. The third-order valence-corrected chi connectivity index (χ3v) is 6.96. The highest BCUT2D eigenvalue weighted by Gasteiger charge is 2.15. The normalized spacial score (nSPS) is 11.6. The molecule has 1 aromatic heterocycles. The molecular weight excluding hydrogens is 443 g/mol. The van der Waals surface area contributed by atoms with Crippen molar-refractivity contribution in [3.05, 3.63) is 77.0 Å². The van der Waals surface area contributed by atoms with E-state index in [0.29, 0.717) is 38.3 Å². The molecule has 0 unspecified atom stereocenters. The van der Waals surface area contributed by atoms with Gasteiger partial charge in [-0.05, 0) is 42.5 Å². The molecule has 3 aromatic carbocycles. The lowest BCUT2D eigenvalue weighted by atomic mass is 10.1. The molecule has 0 radical (unpaired) electrons. The summed E-state index contributed by atoms with van der Waals surface area (Å²) in [5, 5.41) is 1.78. The van der Waals surface area contributed by atoms with Gasteiger partial charge in [0.2, 0.25) is 0 Å². The molecule has 30 heavy (non-hydrogen) atoms. The molecule has 8 heteroatoms. The lowest BCUT2D eigenvalue weighted by Crippen LogP contribution is -2.03. The van der Waals surface area contributed by atoms with Gasteiger partial charge in [-0.25, -0.2) is 18.4 Å². The predicted molar refractivity (Wildman–Crippen MR) is 119 cm³/mol. The van der Waals surface area contributed by atoms with Crippen molar-refractivity contribution in [3.8, 4) is 22.8 Å². The first-order chi connectivity index (χ1) is 14.4. The second-order valence-electron chi connectivity index (χ2n) is 6.48. The highest BCUT2D eigenvalue weighted by molar-refractivity contribution is 7.91. The molecule has 4 rings (SSSR count). The number of nitrogens with zero attached hydrogens (tertiary/aromatic N) is 2. The third-order valence-electron chi connectivity index (χ3n) is 4.59. The fourth-order valence-electron chi connectivity index (χ4n) is 3.05. The van der Waals surface area contributed by atoms with Gasteiger partial charge in [0.15, 0.2) is 9.84 Å². The first kappa shape index (κ1) is 20.6. The van der Waals surface area contributed by atoms with Crippen LogP contribution >= 0.6 is 23.2 Å². The lowest BCUT2D eigenvalue weighted by Gasteiger charge is -2.12. The number of benzene rings is 3. The summed E-state index contributed by atoms with van der Waals surface area (Å²) in [4.78, 5) is 8.86. The Morgan fingerprint density at radius 2 is 1.67 bits per heavy atom. The van der Waals surface area contributed by atoms with Crippen LogP contribution in [0.15, 0.2) is 71.9 Å². The summed E-state index contributed by atoms with van der Waals surface area (Å²) in [6.07, 6.45) is 1.44. The van der Waals surface area contributed by atoms with Crippen LogP contribution in [0.5, 0.6) is 11.5 Å². The van der Waals surface area contributed by atoms with E-state index in [1.165, 1.54) is 12.4 Å². The highest BCUT2D eigenvalue weighted by Crippen LogP contribution is 2.36. The summed E-state index contributed by atoms with van der Waals surface area (Å²) in [5.41, 5.74) is 1.91. The minimum atomic E-state index is -3.33. The van der Waals surface area contributed by atoms with Gasteiger partial charge in [-0.2, -0.15) is 0 Å². The average Bonchev–Trinajstić information content (AvgIpc) is 2.75. The van der Waals surface area contributed by atoms with Crippen LogP contribution in [0.3, 0.4) is 0 Å². The Balaban J connectivity index is 1.76. The zero-order chi connectivity index (χ0) is 21.3. The number of rotatable bonds is 5. The standard InChI is InChI=1S/C22H16Cl2N2O3S/c1-2-30(27,28)16-6-3-5-14(11-16)29-15-9-10-19(23)18(12-15)21-17-7-4-8-20(24)22(17)26-13-25-21/h3-13H,2H2,1H3. The quantitative estimate of drug-likeness (QED) is 0.356. The zero-order valence-electron chi connectivity index (χ0n) is 15.8. The molecule has 0 atom stereocenters. The predicted octanol–water partition coefficient (Wildman–Crippen LogP) is 6.19. The van der Waals surface area contributed by atoms with Crippen molar-refractivity contribution in [2.45, 2.75) is 11.8 Å². The summed E-state index contributed by atoms with van der Waals surface area (Å²) in [6.45, 7) is 1.60. The van der Waals surface area contributed by atoms with Gasteiger partial charge in [-0.15, -0.1) is 0 Å². The lowest BCUT2D eigenvalue weighted by molar-refractivity contribution is 0.481. The zero-order valence-corrected chi connectivity index (χ0v) is 18.2. The molecule has 5 nitrogen and oxygen atoms in total. The summed E-state index contributed by atoms with van der Waals surface area (Å²) >= 11 is 12.7. The van der Waals surface area contributed by atoms with Gasteiger partial charge in [-0.1, -0.05) is 48.3 Å². The summed E-state index contributed by atoms with van der Waals surface area (Å²) in [7, 11) is -3.33. The maximum absolute atomic E-state index is 12.1. The Morgan fingerprint density at radius 3 is 2.47 bits per heavy atom. The van der Waals surface area contributed by atoms with Crippen LogP contribution in [-0.4, -0.2) is 24.1 Å². The van der Waals surface area contributed by atoms with Crippen molar-refractivity contribution in [2.24, 2.45) is 0 Å². The minimum absolute atomic E-state index is 0.0187. The van der Waals surface area contributed by atoms with Gasteiger partial charge >= 0.3 is 0 Å². The first-order valence-electron chi connectivity index (χ1n) is 9.09. The topological polar surface area (TPSA) is 69.2 Å². The fourth-order valence-corrected chi connectivity index (χ4v) is 4.39. The van der Waals surface area contributed by atoms with Crippen molar-refractivity contribution in [1.29, 1.82) is 0 Å². The van der Waals surface area contributed by atoms with E-state index in [-0.39, 0.29) is 10.6 Å². The number of ether oxygens (including phenoxy) is 1. The SMILES string of the molecule is CCS(=O)(=O)c1cccc(Oc2ccc(Cl)c(-c3ncnc4c(Cl)cccc34)c2)c1. The van der Waals surface area contributed by atoms with E-state index in [0.717, 1.165) is 5.39 Å². The second-order valence-corrected chi connectivity index (χ2v) is 9.57. The van der Waals surface area contributed by atoms with Crippen molar-refractivity contribution >= 4 is 43.9 Å². The second kappa shape index (κ2) is 8.22. The first-order valence-corrected chi connectivity index (χ1v) is 11.5. The van der Waals surface area contributed by atoms with Gasteiger partial charge in [0.25, 0.3) is 0 Å². The van der Waals surface area contributed by atoms with E-state index < -0.39 is 9.84 Å². The molecule has 1 heterocycles. The molecule has 0 N–H and O–H groups in total. The number of halogens is 2. The molecule has 0 fully saturated rings. The molecule has 0 saturated heterocycles. The van der Waals surface area contributed by atoms with E-state index >= 15 is 0 Å². The van der Waals surface area contributed by atoms with Crippen molar-refractivity contribution < 1.29 is 13.2 Å². The Morgan fingerprint density at radius 1 is 0.900 bits per heavy atom. The molecule has 0 aliphatic carbocycles. The van der Waals surface area contributed by atoms with Crippen LogP contribution in [0.4, 0.5) is 0 Å². The minimum Gasteiger partial charge on any atom is -0.457 e. The van der Waals surface area contributed by atoms with Gasteiger partial charge < -0.3 is 4.74 Å². The van der Waals surface area contributed by atoms with Crippen LogP contribution in [0, 0.1) is 0 Å². The molecule has 4 aromatic rings. The summed E-state index contributed by atoms with van der Waals surface area (Å²) in [6, 6.07) is 17.0. The Labute approximate surface area is 184 Å². The largest absolute Gasteiger partial charge is 0.457 e. The van der Waals surface area contributed by atoms with Crippen LogP contribution in [-0.2, 0) is 9.84 Å². The van der Waals surface area contributed by atoms with E-state index in [2.05, 4.69) is 9.97 Å². The monoisotopic (exact) mass is 458 g/mol. The highest BCUT2D eigenvalue weighted by atomic mass is 35.5. The van der Waals surface area contributed by atoms with Crippen molar-refractivity contribution in [1.82, 2.24) is 9.97 Å². The van der Waals surface area contributed by atoms with Crippen molar-refractivity contribution in [3.63, 3.8) is 0 Å². The Hall–Kier alpha value is -2.67. The number of fused-ring (bicyclic) bond motifs is 1. The van der Waals surface area contributed by atoms with Gasteiger partial charge in [0, 0.05) is 10.9 Å². The van der Waals surface area contributed by atoms with Gasteiger partial charge in [0.1, 0.15) is 17.8 Å². The van der Waals surface area contributed by atoms with E-state index in [1.54, 1.807) is 49.4 Å². The number of para-hydroxylation sites is 1. The molecule has 0 spiro atoms. The molecule has 0 aliphatic rings. The molecule has 152 valence electrons. The molecule has 0 amide bonds. The number of aromatic nitrogens is 2. The smallest absolute Gasteiger partial charge is 0.178 e. The van der Waals surface area contributed by atoms with E-state index in [4.69, 9.17) is 27.9 Å². The maximum atomic E-state index is 12.1. The Kier molecular flexibility index (Phi) is 5.64. The van der Waals surface area contributed by atoms with Gasteiger partial charge in [-0.3, -0.25) is 0 Å². The number of hydrogen-bond acceptors (Lipinski definition) is 5. The Bertz CT molecular complexity index is 1360. The molecule has 0 aliphatic heterocycles. The fraction of sp³-hybridized carbons (Fsp3) is 0.0909. The molecule has 0 bridgehead atoms. The summed E-state index contributed by atoms with van der Waals surface area (Å²) < 4.78 is 30.2. The van der Waals surface area contributed by atoms with E-state index in [1.807, 2.05) is 12.1 Å². The van der Waals surface area contributed by atoms with Crippen LogP contribution in [0.1, 0.15) is 6.92 Å². The average molecular weight is 459 g/mol. The number of hydrogen-bond donors (Lipinski definition) is 0. The van der Waals surface area contributed by atoms with Gasteiger partial charge in [0.05, 0.1) is 31.9 Å². The molecule has 0 saturated carbocycles. The molecular formula is C22H16Cl2N2O3S. The van der Waals surface area contributed by atoms with Crippen molar-refractivity contribution in [2.75, 3.05) is 5.75 Å². The number of sulfone groups is 1. The van der Waals surface area contributed by atoms with E-state index in [9.17, 15) is 8.42 Å². The van der Waals surface area contributed by atoms with Crippen LogP contribution < -0.4 is 4.74 Å². The van der Waals surface area contributed by atoms with Crippen LogP contribution in [0.25, 0.3) is 22.2 Å². The third kappa shape index (κ3) is 3.99. The van der Waals surface area contributed by atoms with Crippen LogP contribution in [0.2, 0.25) is 10.0 Å². The maximum Gasteiger partial charge on any atom is 0.178 e.